The Bertz CT molecular complexity index is 604. The molecule has 0 fully saturated rings. The van der Waals surface area contributed by atoms with Crippen LogP contribution in [0.1, 0.15) is 31.7 Å². The van der Waals surface area contributed by atoms with Crippen LogP contribution in [-0.4, -0.2) is 42.0 Å². The number of unbranched alkanes of at least 4 members (excludes halogenated alkanes) is 1. The molecule has 2 N–H and O–H groups in total. The summed E-state index contributed by atoms with van der Waals surface area (Å²) >= 11 is 0. The van der Waals surface area contributed by atoms with Crippen LogP contribution in [0.15, 0.2) is 53.8 Å². The van der Waals surface area contributed by atoms with Crippen molar-refractivity contribution in [3.05, 3.63) is 54.4 Å². The van der Waals surface area contributed by atoms with Gasteiger partial charge in [0.2, 0.25) is 0 Å². The molecule has 0 aliphatic heterocycles. The highest BCUT2D eigenvalue weighted by atomic mass is 127. The Morgan fingerprint density at radius 3 is 2.70 bits per heavy atom. The van der Waals surface area contributed by atoms with E-state index in [1.165, 1.54) is 5.56 Å². The number of ether oxygens (including phenoxy) is 1. The smallest absolute Gasteiger partial charge is 0.191 e. The summed E-state index contributed by atoms with van der Waals surface area (Å²) in [6, 6.07) is 12.2. The maximum atomic E-state index is 5.71. The van der Waals surface area contributed by atoms with E-state index in [2.05, 4.69) is 39.8 Å². The number of aliphatic imine (C=N–C) groups is 1. The second-order valence-corrected chi connectivity index (χ2v) is 6.06. The minimum atomic E-state index is 0. The molecule has 7 heteroatoms. The zero-order valence-electron chi connectivity index (χ0n) is 16.1. The molecule has 0 saturated carbocycles. The van der Waals surface area contributed by atoms with Gasteiger partial charge in [-0.25, -0.2) is 0 Å². The van der Waals surface area contributed by atoms with Crippen molar-refractivity contribution in [3.63, 3.8) is 0 Å². The zero-order chi connectivity index (χ0) is 18.3. The van der Waals surface area contributed by atoms with E-state index in [1.54, 1.807) is 6.20 Å². The Hall–Kier alpha value is -1.61. The number of guanidine groups is 1. The zero-order valence-corrected chi connectivity index (χ0v) is 18.5. The van der Waals surface area contributed by atoms with E-state index in [9.17, 15) is 0 Å². The van der Waals surface area contributed by atoms with E-state index in [4.69, 9.17) is 4.74 Å². The minimum Gasteiger partial charge on any atom is -0.377 e. The molecule has 1 aromatic heterocycles. The van der Waals surface area contributed by atoms with Gasteiger partial charge in [-0.1, -0.05) is 30.3 Å². The van der Waals surface area contributed by atoms with Crippen molar-refractivity contribution in [1.29, 1.82) is 0 Å². The second-order valence-electron chi connectivity index (χ2n) is 6.06. The van der Waals surface area contributed by atoms with Crippen LogP contribution in [0, 0.1) is 0 Å². The molecule has 150 valence electrons. The number of nitrogens with zero attached hydrogens (tertiary/aromatic N) is 3. The van der Waals surface area contributed by atoms with Crippen molar-refractivity contribution in [3.8, 4) is 0 Å². The molecule has 0 unspecified atom stereocenters. The summed E-state index contributed by atoms with van der Waals surface area (Å²) in [5, 5.41) is 10.9. The third-order valence-electron chi connectivity index (χ3n) is 3.84. The number of hydrogen-bond acceptors (Lipinski definition) is 3. The summed E-state index contributed by atoms with van der Waals surface area (Å²) in [6.45, 7) is 7.01. The van der Waals surface area contributed by atoms with Gasteiger partial charge >= 0.3 is 0 Å². The molecular formula is C20H32IN5O. The van der Waals surface area contributed by atoms with Gasteiger partial charge in [0.1, 0.15) is 0 Å². The maximum Gasteiger partial charge on any atom is 0.191 e. The van der Waals surface area contributed by atoms with E-state index >= 15 is 0 Å². The standard InChI is InChI=1S/C20H31N5O.HI/c1-2-21-20(23-13-8-15-25-16-9-14-24-25)22-12-6-7-17-26-18-19-10-4-3-5-11-19;/h3-5,9-11,14,16H,2,6-8,12-13,15,17-18H2,1H3,(H2,21,22,23);1H. The number of rotatable bonds is 12. The van der Waals surface area contributed by atoms with E-state index in [-0.39, 0.29) is 24.0 Å². The van der Waals surface area contributed by atoms with Gasteiger partial charge in [0.05, 0.1) is 6.61 Å². The molecule has 0 spiro atoms. The number of aromatic nitrogens is 2. The first kappa shape index (κ1) is 23.4. The first-order chi connectivity index (χ1) is 12.9. The lowest BCUT2D eigenvalue weighted by atomic mass is 10.2. The van der Waals surface area contributed by atoms with Gasteiger partial charge in [0, 0.05) is 45.2 Å². The van der Waals surface area contributed by atoms with Crippen molar-refractivity contribution in [2.24, 2.45) is 4.99 Å². The van der Waals surface area contributed by atoms with Gasteiger partial charge in [-0.15, -0.1) is 24.0 Å². The molecule has 6 nitrogen and oxygen atoms in total. The third kappa shape index (κ3) is 11.0. The fourth-order valence-electron chi connectivity index (χ4n) is 2.50. The SMILES string of the molecule is CCNC(=NCCCn1cccn1)NCCCCOCc1ccccc1.I. The molecule has 0 aliphatic rings. The average Bonchev–Trinajstić information content (AvgIpc) is 3.18. The highest BCUT2D eigenvalue weighted by Gasteiger charge is 1.98. The van der Waals surface area contributed by atoms with Crippen LogP contribution in [0.25, 0.3) is 0 Å². The molecule has 2 aromatic rings. The molecule has 0 bridgehead atoms. The molecule has 0 aliphatic carbocycles. The number of halogens is 1. The van der Waals surface area contributed by atoms with Gasteiger partial charge in [-0.2, -0.15) is 5.10 Å². The lowest BCUT2D eigenvalue weighted by Crippen LogP contribution is -2.38. The summed E-state index contributed by atoms with van der Waals surface area (Å²) in [5.74, 6) is 0.887. The molecule has 1 heterocycles. The fourth-order valence-corrected chi connectivity index (χ4v) is 2.50. The van der Waals surface area contributed by atoms with E-state index in [1.807, 2.05) is 35.1 Å². The van der Waals surface area contributed by atoms with Gasteiger partial charge in [0.15, 0.2) is 5.96 Å². The summed E-state index contributed by atoms with van der Waals surface area (Å²) < 4.78 is 7.64. The first-order valence-corrected chi connectivity index (χ1v) is 9.49. The Morgan fingerprint density at radius 2 is 1.96 bits per heavy atom. The monoisotopic (exact) mass is 485 g/mol. The topological polar surface area (TPSA) is 63.5 Å². The molecule has 2 rings (SSSR count). The van der Waals surface area contributed by atoms with Crippen LogP contribution >= 0.6 is 24.0 Å². The molecule has 0 atom stereocenters. The molecule has 0 saturated heterocycles. The summed E-state index contributed by atoms with van der Waals surface area (Å²) in [6.07, 6.45) is 6.86. The molecule has 0 amide bonds. The molecule has 1 aromatic carbocycles. The van der Waals surface area contributed by atoms with E-state index in [0.717, 1.165) is 58.0 Å². The van der Waals surface area contributed by atoms with Crippen molar-refractivity contribution >= 4 is 29.9 Å². The normalized spacial score (nSPS) is 11.1. The minimum absolute atomic E-state index is 0. The van der Waals surface area contributed by atoms with Crippen molar-refractivity contribution < 1.29 is 4.74 Å². The summed E-state index contributed by atoms with van der Waals surface area (Å²) in [4.78, 5) is 4.61. The second kappa shape index (κ2) is 15.4. The van der Waals surface area contributed by atoms with Gasteiger partial charge in [0.25, 0.3) is 0 Å². The maximum absolute atomic E-state index is 5.71. The largest absolute Gasteiger partial charge is 0.377 e. The number of hydrogen-bond donors (Lipinski definition) is 2. The lowest BCUT2D eigenvalue weighted by molar-refractivity contribution is 0.117. The van der Waals surface area contributed by atoms with Crippen molar-refractivity contribution in [1.82, 2.24) is 20.4 Å². The summed E-state index contributed by atoms with van der Waals surface area (Å²) in [7, 11) is 0. The van der Waals surface area contributed by atoms with Crippen LogP contribution < -0.4 is 10.6 Å². The van der Waals surface area contributed by atoms with Gasteiger partial charge < -0.3 is 15.4 Å². The Kier molecular flexibility index (Phi) is 13.4. The Morgan fingerprint density at radius 1 is 1.11 bits per heavy atom. The van der Waals surface area contributed by atoms with Crippen molar-refractivity contribution in [2.45, 2.75) is 39.3 Å². The first-order valence-electron chi connectivity index (χ1n) is 9.49. The van der Waals surface area contributed by atoms with Crippen LogP contribution in [0.4, 0.5) is 0 Å². The quantitative estimate of drug-likeness (QED) is 0.209. The predicted octanol–water partition coefficient (Wildman–Crippen LogP) is 3.44. The van der Waals surface area contributed by atoms with E-state index in [0.29, 0.717) is 6.61 Å². The number of aryl methyl sites for hydroxylation is 1. The summed E-state index contributed by atoms with van der Waals surface area (Å²) in [5.41, 5.74) is 1.22. The van der Waals surface area contributed by atoms with Crippen LogP contribution in [0.5, 0.6) is 0 Å². The van der Waals surface area contributed by atoms with E-state index < -0.39 is 0 Å². The fraction of sp³-hybridized carbons (Fsp3) is 0.500. The Balaban J connectivity index is 0.00000364. The van der Waals surface area contributed by atoms with Gasteiger partial charge in [-0.05, 0) is 37.8 Å². The van der Waals surface area contributed by atoms with Crippen LogP contribution in [0.3, 0.4) is 0 Å². The van der Waals surface area contributed by atoms with Gasteiger partial charge in [-0.3, -0.25) is 9.67 Å². The average molecular weight is 485 g/mol. The highest BCUT2D eigenvalue weighted by Crippen LogP contribution is 2.01. The van der Waals surface area contributed by atoms with Crippen molar-refractivity contribution in [2.75, 3.05) is 26.2 Å². The highest BCUT2D eigenvalue weighted by molar-refractivity contribution is 14.0. The molecule has 0 radical (unpaired) electrons. The third-order valence-corrected chi connectivity index (χ3v) is 3.84. The molecular weight excluding hydrogens is 453 g/mol. The lowest BCUT2D eigenvalue weighted by Gasteiger charge is -2.11. The number of benzene rings is 1. The Labute approximate surface area is 179 Å². The molecule has 27 heavy (non-hydrogen) atoms. The predicted molar refractivity (Wildman–Crippen MR) is 122 cm³/mol. The van der Waals surface area contributed by atoms with Crippen LogP contribution in [0.2, 0.25) is 0 Å². The number of nitrogens with one attached hydrogen (secondary N) is 2. The van der Waals surface area contributed by atoms with Crippen LogP contribution in [-0.2, 0) is 17.9 Å².